The minimum atomic E-state index is -0.0912. The summed E-state index contributed by atoms with van der Waals surface area (Å²) in [6.45, 7) is 2.56. The van der Waals surface area contributed by atoms with Crippen LogP contribution in [-0.2, 0) is 4.79 Å². The van der Waals surface area contributed by atoms with Gasteiger partial charge in [-0.05, 0) is 36.6 Å². The average molecular weight is 435 g/mol. The number of rotatable bonds is 10. The Morgan fingerprint density at radius 3 is 2.44 bits per heavy atom. The summed E-state index contributed by atoms with van der Waals surface area (Å²) in [5.41, 5.74) is 4.46. The first-order valence-electron chi connectivity index (χ1n) is 9.00. The van der Waals surface area contributed by atoms with Crippen molar-refractivity contribution in [3.63, 3.8) is 0 Å². The van der Waals surface area contributed by atoms with E-state index < -0.39 is 0 Å². The van der Waals surface area contributed by atoms with Crippen LogP contribution in [0.1, 0.15) is 44.6 Å². The van der Waals surface area contributed by atoms with Crippen LogP contribution >= 0.6 is 23.2 Å². The molecule has 0 aliphatic heterocycles. The van der Waals surface area contributed by atoms with E-state index in [0.29, 0.717) is 21.1 Å². The third-order valence-electron chi connectivity index (χ3n) is 3.64. The van der Waals surface area contributed by atoms with Crippen LogP contribution in [0.25, 0.3) is 6.08 Å². The lowest BCUT2D eigenvalue weighted by Gasteiger charge is -2.22. The number of hydrogen-bond donors (Lipinski definition) is 1. The number of benzene rings is 1. The highest BCUT2D eigenvalue weighted by Crippen LogP contribution is 2.23. The van der Waals surface area contributed by atoms with E-state index in [-0.39, 0.29) is 18.3 Å². The van der Waals surface area contributed by atoms with Gasteiger partial charge in [0.1, 0.15) is 0 Å². The van der Waals surface area contributed by atoms with Crippen LogP contribution in [0.2, 0.25) is 10.0 Å². The van der Waals surface area contributed by atoms with Gasteiger partial charge in [0.05, 0.1) is 36.9 Å². The molecule has 0 unspecified atom stereocenters. The Hall–Kier alpha value is -1.07. The van der Waals surface area contributed by atoms with Crippen molar-refractivity contribution < 1.29 is 21.7 Å². The molecule has 0 saturated carbocycles. The molecule has 0 bridgehead atoms. The maximum Gasteiger partial charge on any atom is 0.295 e. The molecular formula is C20H30Cl3N3O. The number of amides is 1. The summed E-state index contributed by atoms with van der Waals surface area (Å²) in [4.78, 5) is 12.0. The summed E-state index contributed by atoms with van der Waals surface area (Å²) in [7, 11) is 5.91. The predicted molar refractivity (Wildman–Crippen MR) is 113 cm³/mol. The summed E-state index contributed by atoms with van der Waals surface area (Å²) >= 11 is 12.0. The van der Waals surface area contributed by atoms with Crippen LogP contribution < -0.4 is 17.8 Å². The number of unbranched alkanes of at least 4 members (excludes halogenated alkanes) is 3. The van der Waals surface area contributed by atoms with Crippen LogP contribution in [0.15, 0.2) is 29.4 Å². The normalized spacial score (nSPS) is 12.1. The van der Waals surface area contributed by atoms with Gasteiger partial charge in [-0.3, -0.25) is 4.79 Å². The first-order chi connectivity index (χ1) is 12.2. The van der Waals surface area contributed by atoms with Crippen LogP contribution in [0.5, 0.6) is 0 Å². The lowest BCUT2D eigenvalue weighted by Crippen LogP contribution is -3.00. The smallest absolute Gasteiger partial charge is 0.295 e. The quantitative estimate of drug-likeness (QED) is 0.261. The van der Waals surface area contributed by atoms with Crippen molar-refractivity contribution in [2.24, 2.45) is 5.10 Å². The SMILES string of the molecule is CCCCCCC(/C=C/c1ccc(Cl)c(Cl)c1)=N\NC(=O)C[N+](C)(C)C.[Cl-]. The first kappa shape index (κ1) is 25.9. The van der Waals surface area contributed by atoms with Crippen molar-refractivity contribution in [1.29, 1.82) is 0 Å². The fourth-order valence-corrected chi connectivity index (χ4v) is 2.62. The van der Waals surface area contributed by atoms with E-state index in [1.807, 2.05) is 45.4 Å². The molecule has 1 aromatic carbocycles. The Labute approximate surface area is 179 Å². The lowest BCUT2D eigenvalue weighted by atomic mass is 10.1. The molecule has 7 heteroatoms. The zero-order valence-corrected chi connectivity index (χ0v) is 18.8. The summed E-state index contributed by atoms with van der Waals surface area (Å²) < 4.78 is 0.562. The minimum Gasteiger partial charge on any atom is -1.00 e. The van der Waals surface area contributed by atoms with Crippen LogP contribution in [0.3, 0.4) is 0 Å². The Kier molecular flexibility index (Phi) is 12.6. The van der Waals surface area contributed by atoms with Gasteiger partial charge in [-0.15, -0.1) is 0 Å². The van der Waals surface area contributed by atoms with E-state index in [4.69, 9.17) is 23.2 Å². The Morgan fingerprint density at radius 2 is 1.85 bits per heavy atom. The van der Waals surface area contributed by atoms with Gasteiger partial charge in [-0.1, -0.05) is 61.5 Å². The topological polar surface area (TPSA) is 41.5 Å². The fourth-order valence-electron chi connectivity index (χ4n) is 2.32. The molecule has 0 saturated heterocycles. The van der Waals surface area contributed by atoms with E-state index in [2.05, 4.69) is 17.5 Å². The molecule has 0 atom stereocenters. The lowest BCUT2D eigenvalue weighted by molar-refractivity contribution is -0.862. The number of allylic oxidation sites excluding steroid dienone is 1. The zero-order chi connectivity index (χ0) is 19.6. The molecular weight excluding hydrogens is 405 g/mol. The van der Waals surface area contributed by atoms with Crippen molar-refractivity contribution >= 4 is 40.9 Å². The maximum atomic E-state index is 12.0. The summed E-state index contributed by atoms with van der Waals surface area (Å²) in [6.07, 6.45) is 9.28. The number of hydrazone groups is 1. The fraction of sp³-hybridized carbons (Fsp3) is 0.500. The van der Waals surface area contributed by atoms with E-state index in [1.54, 1.807) is 6.07 Å². The van der Waals surface area contributed by atoms with E-state index in [0.717, 1.165) is 30.5 Å². The molecule has 0 fully saturated rings. The number of carbonyl (C=O) groups excluding carboxylic acids is 1. The van der Waals surface area contributed by atoms with Gasteiger partial charge < -0.3 is 16.9 Å². The van der Waals surface area contributed by atoms with Crippen molar-refractivity contribution in [2.45, 2.75) is 39.0 Å². The van der Waals surface area contributed by atoms with Gasteiger partial charge in [0.15, 0.2) is 6.54 Å². The average Bonchev–Trinajstić information content (AvgIpc) is 2.54. The largest absolute Gasteiger partial charge is 1.00 e. The highest BCUT2D eigenvalue weighted by atomic mass is 35.5. The highest BCUT2D eigenvalue weighted by molar-refractivity contribution is 6.42. The molecule has 1 aromatic rings. The van der Waals surface area contributed by atoms with Gasteiger partial charge in [0, 0.05) is 0 Å². The molecule has 1 N–H and O–H groups in total. The van der Waals surface area contributed by atoms with Crippen LogP contribution in [0.4, 0.5) is 0 Å². The summed E-state index contributed by atoms with van der Waals surface area (Å²) in [6, 6.07) is 5.48. The van der Waals surface area contributed by atoms with E-state index in [1.165, 1.54) is 12.8 Å². The maximum absolute atomic E-state index is 12.0. The second-order valence-electron chi connectivity index (χ2n) is 7.40. The van der Waals surface area contributed by atoms with Gasteiger partial charge >= 0.3 is 0 Å². The number of nitrogens with one attached hydrogen (secondary N) is 1. The second-order valence-corrected chi connectivity index (χ2v) is 8.22. The predicted octanol–water partition coefficient (Wildman–Crippen LogP) is 2.16. The van der Waals surface area contributed by atoms with Crippen molar-refractivity contribution in [3.8, 4) is 0 Å². The molecule has 4 nitrogen and oxygen atoms in total. The number of quaternary nitrogens is 1. The minimum absolute atomic E-state index is 0. The second kappa shape index (κ2) is 13.2. The van der Waals surface area contributed by atoms with Crippen LogP contribution in [-0.4, -0.2) is 43.8 Å². The molecule has 152 valence electrons. The monoisotopic (exact) mass is 433 g/mol. The number of halogens is 3. The van der Waals surface area contributed by atoms with E-state index in [9.17, 15) is 4.79 Å². The number of nitrogens with zero attached hydrogens (tertiary/aromatic N) is 2. The first-order valence-corrected chi connectivity index (χ1v) is 9.76. The molecule has 0 aliphatic rings. The van der Waals surface area contributed by atoms with Gasteiger partial charge in [-0.2, -0.15) is 5.10 Å². The number of likely N-dealkylation sites (N-methyl/N-ethyl adjacent to an activating group) is 1. The third kappa shape index (κ3) is 12.1. The molecule has 0 heterocycles. The standard InChI is InChI=1S/C20H29Cl2N3O.ClH/c1-5-6-7-8-9-17(23-24-20(26)15-25(2,3)4)12-10-16-11-13-18(21)19(22)14-16;/h10-14H,5-9,15H2,1-4H3;1H/b12-10+,23-17+;. The molecule has 1 rings (SSSR count). The number of carbonyl (C=O) groups is 1. The highest BCUT2D eigenvalue weighted by Gasteiger charge is 2.13. The Balaban J connectivity index is 0.00000676. The van der Waals surface area contributed by atoms with Gasteiger partial charge in [0.25, 0.3) is 5.91 Å². The molecule has 27 heavy (non-hydrogen) atoms. The zero-order valence-electron chi connectivity index (χ0n) is 16.6. The Bertz CT molecular complexity index is 652. The van der Waals surface area contributed by atoms with E-state index >= 15 is 0 Å². The molecule has 0 spiro atoms. The van der Waals surface area contributed by atoms with Crippen molar-refractivity contribution in [3.05, 3.63) is 39.9 Å². The van der Waals surface area contributed by atoms with Gasteiger partial charge in [-0.25, -0.2) is 5.43 Å². The Morgan fingerprint density at radius 1 is 1.15 bits per heavy atom. The molecule has 1 amide bonds. The van der Waals surface area contributed by atoms with Crippen molar-refractivity contribution in [2.75, 3.05) is 27.7 Å². The number of hydrogen-bond acceptors (Lipinski definition) is 2. The molecule has 0 aromatic heterocycles. The third-order valence-corrected chi connectivity index (χ3v) is 4.38. The van der Waals surface area contributed by atoms with Gasteiger partial charge in [0.2, 0.25) is 0 Å². The summed E-state index contributed by atoms with van der Waals surface area (Å²) in [5, 5.41) is 5.37. The molecule has 0 aliphatic carbocycles. The van der Waals surface area contributed by atoms with Crippen LogP contribution in [0, 0.1) is 0 Å². The summed E-state index contributed by atoms with van der Waals surface area (Å²) in [5.74, 6) is -0.0912. The van der Waals surface area contributed by atoms with Crippen molar-refractivity contribution in [1.82, 2.24) is 5.43 Å². The molecule has 0 radical (unpaired) electrons.